The van der Waals surface area contributed by atoms with E-state index in [1.807, 2.05) is 18.2 Å². The van der Waals surface area contributed by atoms with Crippen molar-refractivity contribution in [1.82, 2.24) is 19.3 Å². The number of aliphatic hydroxyl groups excluding tert-OH is 1. The predicted molar refractivity (Wildman–Crippen MR) is 105 cm³/mol. The van der Waals surface area contributed by atoms with E-state index < -0.39 is 17.7 Å². The van der Waals surface area contributed by atoms with E-state index in [-0.39, 0.29) is 18.7 Å². The lowest BCUT2D eigenvalue weighted by atomic mass is 10.2. The molecule has 3 rings (SSSR count). The van der Waals surface area contributed by atoms with Crippen molar-refractivity contribution in [1.29, 1.82) is 0 Å². The van der Waals surface area contributed by atoms with Gasteiger partial charge in [-0.05, 0) is 51.5 Å². The third-order valence-electron chi connectivity index (χ3n) is 4.02. The second-order valence-electron chi connectivity index (χ2n) is 7.37. The second kappa shape index (κ2) is 7.85. The first-order valence-electron chi connectivity index (χ1n) is 9.06. The van der Waals surface area contributed by atoms with Crippen molar-refractivity contribution < 1.29 is 14.6 Å². The largest absolute Gasteiger partial charge is 0.444 e. The summed E-state index contributed by atoms with van der Waals surface area (Å²) in [6.07, 6.45) is 1.17. The van der Waals surface area contributed by atoms with Gasteiger partial charge in [-0.1, -0.05) is 18.2 Å². The van der Waals surface area contributed by atoms with Crippen LogP contribution in [0.1, 0.15) is 39.1 Å². The Morgan fingerprint density at radius 3 is 2.57 bits per heavy atom. The number of fused-ring (bicyclic) bond motifs is 1. The maximum Gasteiger partial charge on any atom is 0.408 e. The maximum absolute atomic E-state index is 13.1. The van der Waals surface area contributed by atoms with E-state index in [1.54, 1.807) is 51.2 Å². The lowest BCUT2D eigenvalue weighted by Crippen LogP contribution is -2.39. The molecule has 0 fully saturated rings. The molecule has 2 heterocycles. The minimum atomic E-state index is -0.715. The van der Waals surface area contributed by atoms with Gasteiger partial charge < -0.3 is 15.2 Å². The normalized spacial score (nSPS) is 12.7. The Hall–Kier alpha value is -3.13. The maximum atomic E-state index is 13.1. The van der Waals surface area contributed by atoms with E-state index in [1.165, 1.54) is 8.97 Å². The molecule has 1 amide bonds. The summed E-state index contributed by atoms with van der Waals surface area (Å²) in [5.41, 5.74) is 0.0806. The van der Waals surface area contributed by atoms with Crippen molar-refractivity contribution in [3.63, 3.8) is 0 Å². The van der Waals surface area contributed by atoms with E-state index in [4.69, 9.17) is 4.74 Å². The van der Waals surface area contributed by atoms with E-state index in [2.05, 4.69) is 10.3 Å². The molecule has 1 atom stereocenters. The zero-order chi connectivity index (χ0) is 20.3. The van der Waals surface area contributed by atoms with Gasteiger partial charge in [0.05, 0.1) is 11.7 Å². The van der Waals surface area contributed by atoms with Crippen LogP contribution in [0, 0.1) is 0 Å². The topological polar surface area (TPSA) is 97.9 Å². The number of aliphatic hydroxyl groups is 1. The van der Waals surface area contributed by atoms with Gasteiger partial charge in [-0.25, -0.2) is 19.1 Å². The van der Waals surface area contributed by atoms with Crippen molar-refractivity contribution in [3.05, 3.63) is 65.0 Å². The number of nitrogens with one attached hydrogen (secondary N) is 1. The summed E-state index contributed by atoms with van der Waals surface area (Å²) in [6.45, 7) is 5.09. The summed E-state index contributed by atoms with van der Waals surface area (Å²) in [7, 11) is 0. The number of carbonyl (C=O) groups is 1. The second-order valence-corrected chi connectivity index (χ2v) is 7.37. The van der Waals surface area contributed by atoms with Gasteiger partial charge in [0, 0.05) is 12.8 Å². The molecule has 8 heteroatoms. The Balaban J connectivity index is 2.12. The molecule has 0 spiro atoms. The van der Waals surface area contributed by atoms with Crippen molar-refractivity contribution in [2.45, 2.75) is 38.8 Å². The number of hydrogen-bond acceptors (Lipinski definition) is 5. The monoisotopic (exact) mass is 384 g/mol. The summed E-state index contributed by atoms with van der Waals surface area (Å²) >= 11 is 0. The molecule has 148 valence electrons. The lowest BCUT2D eigenvalue weighted by molar-refractivity contribution is 0.0492. The molecule has 2 N–H and O–H groups in total. The number of aromatic nitrogens is 3. The molecule has 2 aromatic heterocycles. The van der Waals surface area contributed by atoms with E-state index in [0.29, 0.717) is 17.2 Å². The van der Waals surface area contributed by atoms with Crippen LogP contribution >= 0.6 is 0 Å². The van der Waals surface area contributed by atoms with Gasteiger partial charge in [-0.3, -0.25) is 4.40 Å². The van der Waals surface area contributed by atoms with Gasteiger partial charge in [0.25, 0.3) is 0 Å². The molecule has 28 heavy (non-hydrogen) atoms. The highest BCUT2D eigenvalue weighted by Crippen LogP contribution is 2.19. The first-order chi connectivity index (χ1) is 13.3. The number of ether oxygens (including phenoxy) is 1. The van der Waals surface area contributed by atoms with Crippen LogP contribution in [-0.2, 0) is 4.74 Å². The van der Waals surface area contributed by atoms with Gasteiger partial charge >= 0.3 is 11.8 Å². The zero-order valence-electron chi connectivity index (χ0n) is 16.1. The number of rotatable bonds is 5. The average molecular weight is 384 g/mol. The van der Waals surface area contributed by atoms with Crippen LogP contribution in [0.15, 0.2) is 53.5 Å². The lowest BCUT2D eigenvalue weighted by Gasteiger charge is -2.24. The number of alkyl carbamates (subject to hydrolysis) is 1. The summed E-state index contributed by atoms with van der Waals surface area (Å²) in [6, 6.07) is 11.8. The van der Waals surface area contributed by atoms with Gasteiger partial charge in [0.2, 0.25) is 0 Å². The summed E-state index contributed by atoms with van der Waals surface area (Å²) in [5.74, 6) is 0.322. The first kappa shape index (κ1) is 19.6. The van der Waals surface area contributed by atoms with Crippen LogP contribution in [0.5, 0.6) is 0 Å². The predicted octanol–water partition coefficient (Wildman–Crippen LogP) is 2.43. The molecule has 0 aliphatic carbocycles. The quantitative estimate of drug-likeness (QED) is 0.704. The van der Waals surface area contributed by atoms with Crippen LogP contribution < -0.4 is 11.0 Å². The van der Waals surface area contributed by atoms with Crippen LogP contribution in [0.4, 0.5) is 4.79 Å². The molecule has 0 saturated carbocycles. The molecule has 1 unspecified atom stereocenters. The molecule has 3 aromatic rings. The fourth-order valence-electron chi connectivity index (χ4n) is 2.90. The first-order valence-corrected chi connectivity index (χ1v) is 9.06. The van der Waals surface area contributed by atoms with Gasteiger partial charge in [-0.2, -0.15) is 0 Å². The number of carbonyl (C=O) groups excluding carboxylic acids is 1. The third-order valence-corrected chi connectivity index (χ3v) is 4.02. The Labute approximate surface area is 162 Å². The van der Waals surface area contributed by atoms with Gasteiger partial charge in [0.1, 0.15) is 17.1 Å². The minimum Gasteiger partial charge on any atom is -0.444 e. The summed E-state index contributed by atoms with van der Waals surface area (Å²) in [4.78, 5) is 30.0. The molecular formula is C20H24N4O4. The average Bonchev–Trinajstić information content (AvgIpc) is 3.09. The van der Waals surface area contributed by atoms with Gasteiger partial charge in [0.15, 0.2) is 0 Å². The molecule has 0 radical (unpaired) electrons. The standard InChI is InChI=1S/C20H24N4O4/c1-20(2,3)28-18(26)21-15(11-13-25)17-22-16-10-7-12-23(16)19(27)24(17)14-8-5-4-6-9-14/h4-10,12,15,25H,11,13H2,1-3H3,(H,21,26). The number of nitrogens with zero attached hydrogens (tertiary/aromatic N) is 3. The number of amides is 1. The van der Waals surface area contributed by atoms with Crippen molar-refractivity contribution in [3.8, 4) is 5.69 Å². The van der Waals surface area contributed by atoms with Crippen LogP contribution in [-0.4, -0.2) is 37.4 Å². The Morgan fingerprint density at radius 2 is 1.93 bits per heavy atom. The van der Waals surface area contributed by atoms with Crippen LogP contribution in [0.3, 0.4) is 0 Å². The minimum absolute atomic E-state index is 0.176. The van der Waals surface area contributed by atoms with Crippen LogP contribution in [0.25, 0.3) is 11.3 Å². The summed E-state index contributed by atoms with van der Waals surface area (Å²) < 4.78 is 8.20. The number of benzene rings is 1. The Kier molecular flexibility index (Phi) is 5.51. The van der Waals surface area contributed by atoms with Crippen LogP contribution in [0.2, 0.25) is 0 Å². The highest BCUT2D eigenvalue weighted by molar-refractivity contribution is 5.68. The molecule has 0 aliphatic heterocycles. The number of hydrogen-bond donors (Lipinski definition) is 2. The third kappa shape index (κ3) is 4.23. The SMILES string of the molecule is CC(C)(C)OC(=O)NC(CCO)c1nc2cccn2c(=O)n1-c1ccccc1. The number of para-hydroxylation sites is 1. The molecule has 0 bridgehead atoms. The molecule has 0 aliphatic rings. The van der Waals surface area contributed by atoms with E-state index in [0.717, 1.165) is 0 Å². The molecule has 0 saturated heterocycles. The van der Waals surface area contributed by atoms with E-state index >= 15 is 0 Å². The highest BCUT2D eigenvalue weighted by Gasteiger charge is 2.25. The Morgan fingerprint density at radius 1 is 1.21 bits per heavy atom. The molecule has 8 nitrogen and oxygen atoms in total. The smallest absolute Gasteiger partial charge is 0.408 e. The van der Waals surface area contributed by atoms with E-state index in [9.17, 15) is 14.7 Å². The zero-order valence-corrected chi connectivity index (χ0v) is 16.1. The summed E-state index contributed by atoms with van der Waals surface area (Å²) in [5, 5.41) is 12.3. The van der Waals surface area contributed by atoms with Gasteiger partial charge in [-0.15, -0.1) is 0 Å². The van der Waals surface area contributed by atoms with Crippen molar-refractivity contribution in [2.75, 3.05) is 6.61 Å². The van der Waals surface area contributed by atoms with Crippen molar-refractivity contribution >= 4 is 11.7 Å². The fraction of sp³-hybridized carbons (Fsp3) is 0.350. The fourth-order valence-corrected chi connectivity index (χ4v) is 2.90. The van der Waals surface area contributed by atoms with Crippen molar-refractivity contribution in [2.24, 2.45) is 0 Å². The highest BCUT2D eigenvalue weighted by atomic mass is 16.6. The molecular weight excluding hydrogens is 360 g/mol. The Bertz CT molecular complexity index is 1020. The molecule has 1 aromatic carbocycles.